The Morgan fingerprint density at radius 3 is 2.40 bits per heavy atom. The Balaban J connectivity index is 1.80. The first-order chi connectivity index (χ1) is 14.4. The van der Waals surface area contributed by atoms with Crippen molar-refractivity contribution in [1.82, 2.24) is 5.32 Å². The van der Waals surface area contributed by atoms with Crippen molar-refractivity contribution in [3.8, 4) is 0 Å². The standard InChI is InChI=1S/C23H28N2O4S/c1-3-16-14(2)30-22(19(16)21(27)24-13-15-9-5-4-6-10-15)25-20(26)17-11-7-8-12-18(17)23(28)29/h4-6,9-10,17-18H,3,7-8,11-13H2,1-2H3,(H,24,27)(H,25,26)(H,28,29)/t17-,18-/m0/s1. The third kappa shape index (κ3) is 4.90. The highest BCUT2D eigenvalue weighted by Crippen LogP contribution is 2.36. The monoisotopic (exact) mass is 428 g/mol. The molecule has 1 fully saturated rings. The Morgan fingerprint density at radius 1 is 1.10 bits per heavy atom. The molecule has 1 aromatic carbocycles. The Kier molecular flexibility index (Phi) is 7.26. The van der Waals surface area contributed by atoms with Crippen LogP contribution < -0.4 is 10.6 Å². The van der Waals surface area contributed by atoms with E-state index < -0.39 is 17.8 Å². The minimum absolute atomic E-state index is 0.228. The zero-order chi connectivity index (χ0) is 21.7. The number of nitrogens with one attached hydrogen (secondary N) is 2. The number of hydrogen-bond donors (Lipinski definition) is 3. The van der Waals surface area contributed by atoms with Gasteiger partial charge in [0.05, 0.1) is 17.4 Å². The first kappa shape index (κ1) is 22.0. The van der Waals surface area contributed by atoms with Gasteiger partial charge in [-0.05, 0) is 37.3 Å². The van der Waals surface area contributed by atoms with Crippen LogP contribution >= 0.6 is 11.3 Å². The largest absolute Gasteiger partial charge is 0.481 e. The fraction of sp³-hybridized carbons (Fsp3) is 0.435. The van der Waals surface area contributed by atoms with Crippen molar-refractivity contribution < 1.29 is 19.5 Å². The number of benzene rings is 1. The Morgan fingerprint density at radius 2 is 1.77 bits per heavy atom. The van der Waals surface area contributed by atoms with E-state index in [1.54, 1.807) is 0 Å². The molecule has 0 bridgehead atoms. The summed E-state index contributed by atoms with van der Waals surface area (Å²) in [5.74, 6) is -2.69. The van der Waals surface area contributed by atoms with Crippen molar-refractivity contribution in [3.63, 3.8) is 0 Å². The van der Waals surface area contributed by atoms with Gasteiger partial charge in [0, 0.05) is 11.4 Å². The van der Waals surface area contributed by atoms with Gasteiger partial charge in [-0.3, -0.25) is 14.4 Å². The van der Waals surface area contributed by atoms with Gasteiger partial charge in [0.2, 0.25) is 5.91 Å². The van der Waals surface area contributed by atoms with Crippen molar-refractivity contribution in [1.29, 1.82) is 0 Å². The summed E-state index contributed by atoms with van der Waals surface area (Å²) >= 11 is 1.38. The van der Waals surface area contributed by atoms with Gasteiger partial charge in [-0.15, -0.1) is 11.3 Å². The molecular formula is C23H28N2O4S. The molecule has 3 rings (SSSR count). The lowest BCUT2D eigenvalue weighted by molar-refractivity contribution is -0.147. The molecule has 0 radical (unpaired) electrons. The second-order valence-corrected chi connectivity index (χ2v) is 8.91. The SMILES string of the molecule is CCc1c(C)sc(NC(=O)[C@H]2CCCC[C@@H]2C(=O)O)c1C(=O)NCc1ccccc1. The summed E-state index contributed by atoms with van der Waals surface area (Å²) < 4.78 is 0. The maximum Gasteiger partial charge on any atom is 0.307 e. The molecule has 6 nitrogen and oxygen atoms in total. The number of anilines is 1. The number of aryl methyl sites for hydroxylation is 1. The van der Waals surface area contributed by atoms with Crippen LogP contribution in [0.5, 0.6) is 0 Å². The Hall–Kier alpha value is -2.67. The molecule has 0 unspecified atom stereocenters. The summed E-state index contributed by atoms with van der Waals surface area (Å²) in [6, 6.07) is 9.65. The second kappa shape index (κ2) is 9.89. The lowest BCUT2D eigenvalue weighted by atomic mass is 9.79. The molecule has 2 amide bonds. The number of hydrogen-bond acceptors (Lipinski definition) is 4. The first-order valence-electron chi connectivity index (χ1n) is 10.4. The predicted molar refractivity (Wildman–Crippen MR) is 118 cm³/mol. The molecule has 2 atom stereocenters. The summed E-state index contributed by atoms with van der Waals surface area (Å²) in [6.45, 7) is 4.32. The second-order valence-electron chi connectivity index (χ2n) is 7.69. The first-order valence-corrected chi connectivity index (χ1v) is 11.2. The zero-order valence-corrected chi connectivity index (χ0v) is 18.2. The van der Waals surface area contributed by atoms with Crippen LogP contribution in [-0.2, 0) is 22.6 Å². The van der Waals surface area contributed by atoms with Gasteiger partial charge >= 0.3 is 5.97 Å². The van der Waals surface area contributed by atoms with Crippen LogP contribution in [0.1, 0.15) is 59.0 Å². The van der Waals surface area contributed by atoms with E-state index in [1.165, 1.54) is 11.3 Å². The highest BCUT2D eigenvalue weighted by atomic mass is 32.1. The quantitative estimate of drug-likeness (QED) is 0.610. The topological polar surface area (TPSA) is 95.5 Å². The number of aliphatic carboxylic acids is 1. The number of carbonyl (C=O) groups excluding carboxylic acids is 2. The summed E-state index contributed by atoms with van der Waals surface area (Å²) in [4.78, 5) is 38.5. The summed E-state index contributed by atoms with van der Waals surface area (Å²) in [5.41, 5.74) is 2.40. The molecule has 0 saturated heterocycles. The van der Waals surface area contributed by atoms with Gasteiger partial charge in [-0.2, -0.15) is 0 Å². The minimum atomic E-state index is -0.924. The number of carboxylic acids is 1. The van der Waals surface area contributed by atoms with E-state index >= 15 is 0 Å². The van der Waals surface area contributed by atoms with Crippen LogP contribution in [0.2, 0.25) is 0 Å². The highest BCUT2D eigenvalue weighted by molar-refractivity contribution is 7.16. The molecule has 1 aliphatic rings. The van der Waals surface area contributed by atoms with Gasteiger partial charge in [0.25, 0.3) is 5.91 Å². The Labute approximate surface area is 180 Å². The van der Waals surface area contributed by atoms with E-state index in [0.717, 1.165) is 28.8 Å². The van der Waals surface area contributed by atoms with Crippen molar-refractivity contribution in [3.05, 3.63) is 51.9 Å². The van der Waals surface area contributed by atoms with Crippen LogP contribution in [0, 0.1) is 18.8 Å². The molecule has 160 valence electrons. The molecule has 1 aliphatic carbocycles. The molecule has 3 N–H and O–H groups in total. The normalized spacial score (nSPS) is 18.6. The molecule has 1 aromatic heterocycles. The average molecular weight is 429 g/mol. The smallest absolute Gasteiger partial charge is 0.307 e. The zero-order valence-electron chi connectivity index (χ0n) is 17.4. The third-order valence-electron chi connectivity index (χ3n) is 5.74. The molecule has 30 heavy (non-hydrogen) atoms. The molecule has 0 aliphatic heterocycles. The van der Waals surface area contributed by atoms with Crippen molar-refractivity contribution in [2.75, 3.05) is 5.32 Å². The summed E-state index contributed by atoms with van der Waals surface area (Å²) in [6.07, 6.45) is 3.42. The number of carboxylic acid groups (broad SMARTS) is 1. The Bertz CT molecular complexity index is 923. The van der Waals surface area contributed by atoms with Crippen LogP contribution in [0.4, 0.5) is 5.00 Å². The predicted octanol–water partition coefficient (Wildman–Crippen LogP) is 4.38. The maximum absolute atomic E-state index is 13.0. The fourth-order valence-electron chi connectivity index (χ4n) is 4.14. The van der Waals surface area contributed by atoms with E-state index in [4.69, 9.17) is 0 Å². The summed E-state index contributed by atoms with van der Waals surface area (Å²) in [5, 5.41) is 15.8. The van der Waals surface area contributed by atoms with Crippen molar-refractivity contribution >= 4 is 34.1 Å². The lowest BCUT2D eigenvalue weighted by Crippen LogP contribution is -2.36. The third-order valence-corrected chi connectivity index (χ3v) is 6.81. The number of rotatable bonds is 7. The molecule has 2 aromatic rings. The molecule has 0 spiro atoms. The molecular weight excluding hydrogens is 400 g/mol. The molecule has 7 heteroatoms. The van der Waals surface area contributed by atoms with E-state index in [1.807, 2.05) is 44.2 Å². The lowest BCUT2D eigenvalue weighted by Gasteiger charge is -2.27. The average Bonchev–Trinajstić information content (AvgIpc) is 3.07. The van der Waals surface area contributed by atoms with Crippen molar-refractivity contribution in [2.24, 2.45) is 11.8 Å². The number of thiophene rings is 1. The maximum atomic E-state index is 13.0. The van der Waals surface area contributed by atoms with E-state index in [9.17, 15) is 19.5 Å². The van der Waals surface area contributed by atoms with E-state index in [-0.39, 0.29) is 11.8 Å². The summed E-state index contributed by atoms with van der Waals surface area (Å²) in [7, 11) is 0. The van der Waals surface area contributed by atoms with Gasteiger partial charge in [0.15, 0.2) is 0 Å². The van der Waals surface area contributed by atoms with Crippen LogP contribution in [0.3, 0.4) is 0 Å². The van der Waals surface area contributed by atoms with Gasteiger partial charge in [-0.25, -0.2) is 0 Å². The number of amides is 2. The molecule has 1 heterocycles. The van der Waals surface area contributed by atoms with Gasteiger partial charge in [0.1, 0.15) is 5.00 Å². The van der Waals surface area contributed by atoms with Gasteiger partial charge < -0.3 is 15.7 Å². The minimum Gasteiger partial charge on any atom is -0.481 e. The van der Waals surface area contributed by atoms with Crippen LogP contribution in [-0.4, -0.2) is 22.9 Å². The fourth-order valence-corrected chi connectivity index (χ4v) is 5.29. The van der Waals surface area contributed by atoms with Crippen LogP contribution in [0.15, 0.2) is 30.3 Å². The number of carbonyl (C=O) groups is 3. The van der Waals surface area contributed by atoms with E-state index in [2.05, 4.69) is 10.6 Å². The highest BCUT2D eigenvalue weighted by Gasteiger charge is 2.36. The van der Waals surface area contributed by atoms with Crippen LogP contribution in [0.25, 0.3) is 0 Å². The molecule has 1 saturated carbocycles. The van der Waals surface area contributed by atoms with Crippen molar-refractivity contribution in [2.45, 2.75) is 52.5 Å². The van der Waals surface area contributed by atoms with E-state index in [0.29, 0.717) is 36.4 Å². The van der Waals surface area contributed by atoms with Gasteiger partial charge in [-0.1, -0.05) is 50.1 Å².